The lowest BCUT2D eigenvalue weighted by atomic mass is 9.96. The van der Waals surface area contributed by atoms with E-state index in [0.29, 0.717) is 18.9 Å². The van der Waals surface area contributed by atoms with Gasteiger partial charge >= 0.3 is 6.09 Å². The predicted molar refractivity (Wildman–Crippen MR) is 108 cm³/mol. The quantitative estimate of drug-likeness (QED) is 0.526. The lowest BCUT2D eigenvalue weighted by Crippen LogP contribution is -2.30. The minimum absolute atomic E-state index is 0.111. The summed E-state index contributed by atoms with van der Waals surface area (Å²) >= 11 is 0. The molecule has 6 nitrogen and oxygen atoms in total. The zero-order chi connectivity index (χ0) is 19.6. The highest BCUT2D eigenvalue weighted by Gasteiger charge is 2.32. The molecule has 1 heterocycles. The van der Waals surface area contributed by atoms with Gasteiger partial charge < -0.3 is 10.1 Å². The average molecular weight is 366 g/mol. The van der Waals surface area contributed by atoms with Crippen LogP contribution in [0.1, 0.15) is 38.2 Å². The number of nitriles is 1. The average Bonchev–Trinajstić information content (AvgIpc) is 3.07. The van der Waals surface area contributed by atoms with Gasteiger partial charge in [-0.25, -0.2) is 9.79 Å². The van der Waals surface area contributed by atoms with Crippen LogP contribution in [0.4, 0.5) is 10.5 Å². The lowest BCUT2D eigenvalue weighted by Gasteiger charge is -2.15. The van der Waals surface area contributed by atoms with Crippen LogP contribution in [0.2, 0.25) is 0 Å². The summed E-state index contributed by atoms with van der Waals surface area (Å²) in [7, 11) is 0. The highest BCUT2D eigenvalue weighted by molar-refractivity contribution is 5.89. The molecule has 1 amide bonds. The molecule has 1 saturated heterocycles. The molecule has 1 aliphatic rings. The van der Waals surface area contributed by atoms with Crippen molar-refractivity contribution in [3.8, 4) is 6.07 Å². The Morgan fingerprint density at radius 1 is 1.52 bits per heavy atom. The molecule has 0 spiro atoms. The number of carbonyl (C=O) groups excluding carboxylic acids is 1. The van der Waals surface area contributed by atoms with Gasteiger partial charge in [-0.15, -0.1) is 0 Å². The number of hydrogen-bond donors (Lipinski definition) is 1. The van der Waals surface area contributed by atoms with Gasteiger partial charge in [0.2, 0.25) is 0 Å². The Balaban J connectivity index is 1.99. The van der Waals surface area contributed by atoms with Gasteiger partial charge in [0.25, 0.3) is 0 Å². The number of nitrogens with zero attached hydrogens (tertiary/aromatic N) is 3. The standard InChI is InChI=1S/C21H26N4O2/c1-4-6-8-20(23-3)24-14-19-15-25(21(26)27-19)18-11-9-16(10-12-18)17(13-22)7-5-2/h4,6,8-12,17,19,24H,3,5,7,14-15H2,1-2H3/b6-4-,20-8+. The van der Waals surface area contributed by atoms with Crippen LogP contribution in [0.15, 0.2) is 53.3 Å². The molecule has 142 valence electrons. The Kier molecular flexibility index (Phi) is 7.63. The molecular weight excluding hydrogens is 340 g/mol. The van der Waals surface area contributed by atoms with Crippen LogP contribution >= 0.6 is 0 Å². The maximum atomic E-state index is 12.2. The second-order valence-electron chi connectivity index (χ2n) is 6.29. The minimum Gasteiger partial charge on any atom is -0.442 e. The highest BCUT2D eigenvalue weighted by Crippen LogP contribution is 2.26. The van der Waals surface area contributed by atoms with E-state index in [2.05, 4.69) is 30.0 Å². The minimum atomic E-state index is -0.370. The number of benzene rings is 1. The van der Waals surface area contributed by atoms with Crippen molar-refractivity contribution in [1.82, 2.24) is 5.32 Å². The molecule has 2 atom stereocenters. The predicted octanol–water partition coefficient (Wildman–Crippen LogP) is 4.13. The molecule has 2 unspecified atom stereocenters. The largest absolute Gasteiger partial charge is 0.442 e. The monoisotopic (exact) mass is 366 g/mol. The summed E-state index contributed by atoms with van der Waals surface area (Å²) < 4.78 is 5.43. The molecule has 0 radical (unpaired) electrons. The first kappa shape index (κ1) is 20.2. The number of carbonyl (C=O) groups is 1. The number of rotatable bonds is 9. The van der Waals surface area contributed by atoms with Gasteiger partial charge in [0.15, 0.2) is 0 Å². The van der Waals surface area contributed by atoms with Crippen molar-refractivity contribution in [2.45, 2.75) is 38.7 Å². The number of hydrogen-bond acceptors (Lipinski definition) is 5. The Hall–Kier alpha value is -3.07. The summed E-state index contributed by atoms with van der Waals surface area (Å²) in [6, 6.07) is 9.90. The number of ether oxygens (including phenoxy) is 1. The van der Waals surface area contributed by atoms with Crippen molar-refractivity contribution in [1.29, 1.82) is 5.26 Å². The van der Waals surface area contributed by atoms with Crippen LogP contribution in [0.5, 0.6) is 0 Å². The molecule has 0 aromatic heterocycles. The summed E-state index contributed by atoms with van der Waals surface area (Å²) in [4.78, 5) is 17.7. The number of nitrogens with one attached hydrogen (secondary N) is 1. The molecule has 0 saturated carbocycles. The second kappa shape index (κ2) is 10.2. The maximum absolute atomic E-state index is 12.2. The van der Waals surface area contributed by atoms with Gasteiger partial charge in [-0.1, -0.05) is 37.6 Å². The first-order valence-corrected chi connectivity index (χ1v) is 9.14. The zero-order valence-corrected chi connectivity index (χ0v) is 15.9. The number of cyclic esters (lactones) is 1. The maximum Gasteiger partial charge on any atom is 0.414 e. The van der Waals surface area contributed by atoms with Crippen LogP contribution < -0.4 is 10.2 Å². The van der Waals surface area contributed by atoms with E-state index in [1.165, 1.54) is 0 Å². The van der Waals surface area contributed by atoms with Crippen LogP contribution in [0.25, 0.3) is 0 Å². The van der Waals surface area contributed by atoms with E-state index in [9.17, 15) is 10.1 Å². The fourth-order valence-electron chi connectivity index (χ4n) is 2.89. The van der Waals surface area contributed by atoms with Crippen molar-refractivity contribution in [2.75, 3.05) is 18.0 Å². The van der Waals surface area contributed by atoms with Crippen molar-refractivity contribution >= 4 is 18.5 Å². The fourth-order valence-corrected chi connectivity index (χ4v) is 2.89. The molecule has 1 aliphatic heterocycles. The van der Waals surface area contributed by atoms with E-state index in [-0.39, 0.29) is 18.1 Å². The van der Waals surface area contributed by atoms with E-state index in [0.717, 1.165) is 24.1 Å². The molecule has 1 fully saturated rings. The first-order chi connectivity index (χ1) is 13.1. The van der Waals surface area contributed by atoms with Crippen LogP contribution in [0, 0.1) is 11.3 Å². The summed E-state index contributed by atoms with van der Waals surface area (Å²) in [6.07, 6.45) is 6.70. The summed E-state index contributed by atoms with van der Waals surface area (Å²) in [5.41, 5.74) is 1.75. The number of allylic oxidation sites excluding steroid dienone is 3. The Morgan fingerprint density at radius 3 is 2.85 bits per heavy atom. The van der Waals surface area contributed by atoms with Gasteiger partial charge in [-0.3, -0.25) is 4.90 Å². The molecule has 0 aliphatic carbocycles. The molecule has 27 heavy (non-hydrogen) atoms. The van der Waals surface area contributed by atoms with Crippen LogP contribution in [0.3, 0.4) is 0 Å². The smallest absolute Gasteiger partial charge is 0.414 e. The summed E-state index contributed by atoms with van der Waals surface area (Å²) in [5, 5.41) is 12.4. The normalized spacial score (nSPS) is 18.3. The molecule has 1 aromatic rings. The third-order valence-corrected chi connectivity index (χ3v) is 4.34. The van der Waals surface area contributed by atoms with Gasteiger partial charge in [0.05, 0.1) is 25.1 Å². The van der Waals surface area contributed by atoms with Gasteiger partial charge in [0.1, 0.15) is 11.9 Å². The van der Waals surface area contributed by atoms with Crippen LogP contribution in [-0.2, 0) is 4.74 Å². The van der Waals surface area contributed by atoms with Crippen molar-refractivity contribution in [3.63, 3.8) is 0 Å². The molecule has 1 aromatic carbocycles. The fraction of sp³-hybridized carbons (Fsp3) is 0.381. The number of aliphatic imine (C=N–C) groups is 1. The summed E-state index contributed by atoms with van der Waals surface area (Å²) in [6.45, 7) is 8.41. The topological polar surface area (TPSA) is 77.7 Å². The number of anilines is 1. The SMILES string of the molecule is C=N/C(=C\C=C/C)NCC1CN(c2ccc(C(C#N)CCC)cc2)C(=O)O1. The third-order valence-electron chi connectivity index (χ3n) is 4.34. The third kappa shape index (κ3) is 5.45. The first-order valence-electron chi connectivity index (χ1n) is 9.14. The molecule has 6 heteroatoms. The van der Waals surface area contributed by atoms with E-state index in [1.807, 2.05) is 49.4 Å². The number of amides is 1. The highest BCUT2D eigenvalue weighted by atomic mass is 16.6. The van der Waals surface area contributed by atoms with Gasteiger partial charge in [0, 0.05) is 5.69 Å². The Bertz CT molecular complexity index is 746. The van der Waals surface area contributed by atoms with E-state index < -0.39 is 0 Å². The Labute approximate surface area is 160 Å². The van der Waals surface area contributed by atoms with Gasteiger partial charge in [-0.05, 0) is 43.8 Å². The molecular formula is C21H26N4O2. The second-order valence-corrected chi connectivity index (χ2v) is 6.29. The van der Waals surface area contributed by atoms with Crippen LogP contribution in [-0.4, -0.2) is 32.0 Å². The van der Waals surface area contributed by atoms with E-state index in [1.54, 1.807) is 4.90 Å². The van der Waals surface area contributed by atoms with Crippen molar-refractivity contribution in [3.05, 3.63) is 53.9 Å². The lowest BCUT2D eigenvalue weighted by molar-refractivity contribution is 0.141. The Morgan fingerprint density at radius 2 is 2.26 bits per heavy atom. The van der Waals surface area contributed by atoms with Crippen molar-refractivity contribution < 1.29 is 9.53 Å². The molecule has 0 bridgehead atoms. The van der Waals surface area contributed by atoms with Gasteiger partial charge in [-0.2, -0.15) is 5.26 Å². The summed E-state index contributed by atoms with van der Waals surface area (Å²) in [5.74, 6) is 0.519. The van der Waals surface area contributed by atoms with E-state index in [4.69, 9.17) is 4.74 Å². The van der Waals surface area contributed by atoms with E-state index >= 15 is 0 Å². The zero-order valence-electron chi connectivity index (χ0n) is 15.9. The molecule has 1 N–H and O–H groups in total. The van der Waals surface area contributed by atoms with Crippen molar-refractivity contribution in [2.24, 2.45) is 4.99 Å². The molecule has 2 rings (SSSR count).